The van der Waals surface area contributed by atoms with E-state index in [1.807, 2.05) is 83.6 Å². The molecule has 0 N–H and O–H groups in total. The topological polar surface area (TPSA) is 7.76 Å². The van der Waals surface area contributed by atoms with Crippen molar-refractivity contribution in [3.05, 3.63) is 130 Å². The number of fused-ring (bicyclic) bond motifs is 2. The van der Waals surface area contributed by atoms with E-state index in [-0.39, 0.29) is 11.6 Å². The molecule has 0 aliphatic rings. The lowest BCUT2D eigenvalue weighted by molar-refractivity contribution is -0.684. The maximum atomic E-state index is 15.9. The van der Waals surface area contributed by atoms with E-state index in [2.05, 4.69) is 53.2 Å². The fourth-order valence-corrected chi connectivity index (χ4v) is 6.52. The average Bonchev–Trinajstić information content (AvgIpc) is 2.99. The lowest BCUT2D eigenvalue weighted by atomic mass is 9.92. The van der Waals surface area contributed by atoms with Crippen molar-refractivity contribution in [3.8, 4) is 22.5 Å². The van der Waals surface area contributed by atoms with Crippen LogP contribution in [-0.2, 0) is 20.0 Å². The molecule has 0 fully saturated rings. The van der Waals surface area contributed by atoms with E-state index in [1.54, 1.807) is 0 Å². The number of rotatable bonds is 5. The third-order valence-electron chi connectivity index (χ3n) is 9.19. The van der Waals surface area contributed by atoms with Gasteiger partial charge in [0.1, 0.15) is 18.7 Å². The van der Waals surface area contributed by atoms with Crippen molar-refractivity contribution < 1.29 is 17.9 Å². The van der Waals surface area contributed by atoms with Gasteiger partial charge >= 0.3 is 0 Å². The van der Waals surface area contributed by atoms with E-state index in [1.165, 1.54) is 0 Å². The van der Waals surface area contributed by atoms with E-state index >= 15 is 8.78 Å². The highest BCUT2D eigenvalue weighted by atomic mass is 19.1. The molecule has 0 aliphatic carbocycles. The van der Waals surface area contributed by atoms with Gasteiger partial charge in [0.05, 0.1) is 21.9 Å². The molecule has 4 aromatic carbocycles. The number of aryl methyl sites for hydroxylation is 7. The third-order valence-corrected chi connectivity index (χ3v) is 9.19. The van der Waals surface area contributed by atoms with Crippen molar-refractivity contribution in [2.45, 2.75) is 54.5 Å². The number of hydrogen-bond donors (Lipinski definition) is 0. The quantitative estimate of drug-likeness (QED) is 0.182. The van der Waals surface area contributed by atoms with E-state index in [4.69, 9.17) is 0 Å². The molecule has 0 bridgehead atoms. The highest BCUT2D eigenvalue weighted by Crippen LogP contribution is 2.35. The molecule has 6 aromatic rings. The smallest absolute Gasteiger partial charge is 0.206 e. The standard InChI is InChI=1S/C39H38F2N2/c1-23-20-25(3)36(40)34(27(23)5)38-33-22-29(12-13-31(33)15-17-42(38)7)14-18-43-19-16-30-10-8-9-11-32(30)39(43)35-28(6)24(2)21-26(4)37(35)41/h8-13,15-17,19-22H,14,18H2,1-7H3/q+2. The zero-order chi connectivity index (χ0) is 30.6. The SMILES string of the molecule is Cc1cc(C)c(F)c(-c2c3cc(CC[n+]4ccc5ccccc5c4-c4c(C)c(C)cc(C)c4F)ccc3cc[n+]2C)c1C. The molecule has 216 valence electrons. The molecular weight excluding hydrogens is 534 g/mol. The van der Waals surface area contributed by atoms with Crippen LogP contribution in [0.5, 0.6) is 0 Å². The highest BCUT2D eigenvalue weighted by Gasteiger charge is 2.26. The maximum absolute atomic E-state index is 15.9. The number of benzene rings is 4. The Morgan fingerprint density at radius 3 is 1.84 bits per heavy atom. The van der Waals surface area contributed by atoms with Crippen LogP contribution in [0.1, 0.15) is 38.9 Å². The van der Waals surface area contributed by atoms with Crippen molar-refractivity contribution >= 4 is 21.5 Å². The van der Waals surface area contributed by atoms with Gasteiger partial charge in [-0.25, -0.2) is 13.3 Å². The monoisotopic (exact) mass is 572 g/mol. The summed E-state index contributed by atoms with van der Waals surface area (Å²) in [5, 5.41) is 4.21. The normalized spacial score (nSPS) is 11.6. The van der Waals surface area contributed by atoms with Gasteiger partial charge < -0.3 is 0 Å². The van der Waals surface area contributed by atoms with Crippen LogP contribution in [-0.4, -0.2) is 0 Å². The third kappa shape index (κ3) is 4.89. The summed E-state index contributed by atoms with van der Waals surface area (Å²) in [4.78, 5) is 0. The van der Waals surface area contributed by atoms with Gasteiger partial charge in [-0.1, -0.05) is 42.5 Å². The van der Waals surface area contributed by atoms with Gasteiger partial charge in [0, 0.05) is 18.6 Å². The molecule has 0 aliphatic heterocycles. The largest absolute Gasteiger partial charge is 0.223 e. The summed E-state index contributed by atoms with van der Waals surface area (Å²) in [6.07, 6.45) is 4.82. The Morgan fingerprint density at radius 2 is 1.16 bits per heavy atom. The van der Waals surface area contributed by atoms with Crippen LogP contribution in [0, 0.1) is 53.2 Å². The van der Waals surface area contributed by atoms with Crippen molar-refractivity contribution in [3.63, 3.8) is 0 Å². The molecule has 0 radical (unpaired) electrons. The summed E-state index contributed by atoms with van der Waals surface area (Å²) in [6, 6.07) is 22.7. The molecule has 0 spiro atoms. The summed E-state index contributed by atoms with van der Waals surface area (Å²) in [7, 11) is 1.98. The summed E-state index contributed by atoms with van der Waals surface area (Å²) in [6.45, 7) is 12.4. The summed E-state index contributed by atoms with van der Waals surface area (Å²) in [5.74, 6) is -0.333. The number of halogens is 2. The molecule has 0 atom stereocenters. The Balaban J connectivity index is 1.49. The zero-order valence-electron chi connectivity index (χ0n) is 26.1. The van der Waals surface area contributed by atoms with E-state index in [0.717, 1.165) is 67.2 Å². The molecule has 2 heterocycles. The van der Waals surface area contributed by atoms with Gasteiger partial charge in [-0.2, -0.15) is 4.57 Å². The molecule has 2 nitrogen and oxygen atoms in total. The van der Waals surface area contributed by atoms with Crippen LogP contribution in [0.25, 0.3) is 44.1 Å². The fourth-order valence-electron chi connectivity index (χ4n) is 6.52. The predicted octanol–water partition coefficient (Wildman–Crippen LogP) is 8.81. The summed E-state index contributed by atoms with van der Waals surface area (Å²) in [5.41, 5.74) is 9.65. The van der Waals surface area contributed by atoms with Crippen molar-refractivity contribution in [1.82, 2.24) is 0 Å². The first-order valence-corrected chi connectivity index (χ1v) is 14.9. The van der Waals surface area contributed by atoms with Crippen LogP contribution in [0.4, 0.5) is 8.78 Å². The van der Waals surface area contributed by atoms with Crippen molar-refractivity contribution in [1.29, 1.82) is 0 Å². The van der Waals surface area contributed by atoms with Gasteiger partial charge in [0.15, 0.2) is 18.9 Å². The Bertz CT molecular complexity index is 2020. The summed E-state index contributed by atoms with van der Waals surface area (Å²) < 4.78 is 35.8. The molecule has 0 saturated carbocycles. The molecule has 2 aromatic heterocycles. The second-order valence-electron chi connectivity index (χ2n) is 12.0. The predicted molar refractivity (Wildman–Crippen MR) is 172 cm³/mol. The minimum absolute atomic E-state index is 0.165. The first-order valence-electron chi connectivity index (χ1n) is 14.9. The molecule has 43 heavy (non-hydrogen) atoms. The highest BCUT2D eigenvalue weighted by molar-refractivity contribution is 5.95. The van der Waals surface area contributed by atoms with Gasteiger partial charge in [-0.3, -0.25) is 0 Å². The molecule has 0 amide bonds. The van der Waals surface area contributed by atoms with Crippen LogP contribution in [0.15, 0.2) is 79.1 Å². The van der Waals surface area contributed by atoms with E-state index in [9.17, 15) is 0 Å². The Hall–Kier alpha value is -4.44. The van der Waals surface area contributed by atoms with Gasteiger partial charge in [-0.05, 0) is 103 Å². The van der Waals surface area contributed by atoms with E-state index in [0.29, 0.717) is 28.8 Å². The van der Waals surface area contributed by atoms with Crippen molar-refractivity contribution in [2.75, 3.05) is 0 Å². The second kappa shape index (κ2) is 11.0. The second-order valence-corrected chi connectivity index (χ2v) is 12.0. The lowest BCUT2D eigenvalue weighted by Crippen LogP contribution is -2.37. The van der Waals surface area contributed by atoms with Crippen LogP contribution >= 0.6 is 0 Å². The molecular formula is C39H38F2N2+2. The van der Waals surface area contributed by atoms with Gasteiger partial charge in [0.25, 0.3) is 0 Å². The molecule has 4 heteroatoms. The lowest BCUT2D eigenvalue weighted by Gasteiger charge is -2.15. The Morgan fingerprint density at radius 1 is 0.581 bits per heavy atom. The first-order chi connectivity index (χ1) is 20.6. The average molecular weight is 573 g/mol. The first kappa shape index (κ1) is 28.7. The maximum Gasteiger partial charge on any atom is 0.223 e. The van der Waals surface area contributed by atoms with Gasteiger partial charge in [0.2, 0.25) is 11.4 Å². The number of hydrogen-bond acceptors (Lipinski definition) is 0. The van der Waals surface area contributed by atoms with Crippen LogP contribution in [0.3, 0.4) is 0 Å². The minimum Gasteiger partial charge on any atom is -0.206 e. The van der Waals surface area contributed by atoms with Crippen LogP contribution in [0.2, 0.25) is 0 Å². The number of nitrogens with zero attached hydrogens (tertiary/aromatic N) is 2. The summed E-state index contributed by atoms with van der Waals surface area (Å²) >= 11 is 0. The molecule has 6 rings (SSSR count). The fraction of sp³-hybridized carbons (Fsp3) is 0.231. The number of pyridine rings is 2. The van der Waals surface area contributed by atoms with E-state index < -0.39 is 0 Å². The molecule has 0 unspecified atom stereocenters. The Labute approximate surface area is 252 Å². The van der Waals surface area contributed by atoms with Crippen molar-refractivity contribution in [2.24, 2.45) is 7.05 Å². The van der Waals surface area contributed by atoms with Crippen LogP contribution < -0.4 is 9.13 Å². The molecule has 0 saturated heterocycles. The Kier molecular flexibility index (Phi) is 7.33. The minimum atomic E-state index is -0.168. The zero-order valence-corrected chi connectivity index (χ0v) is 26.1. The van der Waals surface area contributed by atoms with Gasteiger partial charge in [-0.15, -0.1) is 0 Å². The number of aromatic nitrogens is 2.